The fraction of sp³-hybridized carbons (Fsp3) is 0.0833. The van der Waals surface area contributed by atoms with Gasteiger partial charge in [-0.1, -0.05) is 11.8 Å². The third-order valence-corrected chi connectivity index (χ3v) is 4.72. The summed E-state index contributed by atoms with van der Waals surface area (Å²) in [4.78, 5) is 12.9. The molecule has 1 N–H and O–H groups in total. The van der Waals surface area contributed by atoms with Crippen molar-refractivity contribution in [2.75, 3.05) is 5.32 Å². The lowest BCUT2D eigenvalue weighted by Crippen LogP contribution is -2.10. The van der Waals surface area contributed by atoms with Crippen LogP contribution in [-0.4, -0.2) is 11.7 Å². The van der Waals surface area contributed by atoms with E-state index in [2.05, 4.69) is 21.2 Å². The van der Waals surface area contributed by atoms with Crippen molar-refractivity contribution in [2.24, 2.45) is 0 Å². The van der Waals surface area contributed by atoms with Crippen LogP contribution in [0.25, 0.3) is 0 Å². The monoisotopic (exact) mass is 363 g/mol. The first-order valence-corrected chi connectivity index (χ1v) is 7.70. The highest BCUT2D eigenvalue weighted by atomic mass is 79.9. The van der Waals surface area contributed by atoms with Gasteiger partial charge in [-0.05, 0) is 51.6 Å². The minimum absolute atomic E-state index is 0.226. The van der Waals surface area contributed by atoms with Crippen LogP contribution in [0.2, 0.25) is 0 Å². The van der Waals surface area contributed by atoms with E-state index in [0.29, 0.717) is 27.2 Å². The van der Waals surface area contributed by atoms with Crippen LogP contribution in [0.1, 0.15) is 9.67 Å². The molecule has 0 aliphatic rings. The van der Waals surface area contributed by atoms with Gasteiger partial charge in [-0.15, -0.1) is 11.3 Å². The molecule has 0 bridgehead atoms. The number of carbonyl (C=O) groups is 1. The average molecular weight is 364 g/mol. The van der Waals surface area contributed by atoms with Crippen LogP contribution in [0.4, 0.5) is 14.5 Å². The smallest absolute Gasteiger partial charge is 0.288 e. The molecule has 0 fully saturated rings. The highest BCUT2D eigenvalue weighted by Gasteiger charge is 2.12. The fourth-order valence-corrected chi connectivity index (χ4v) is 3.31. The Bertz CT molecular complexity index is 571. The number of benzene rings is 1. The molecule has 0 saturated heterocycles. The summed E-state index contributed by atoms with van der Waals surface area (Å²) in [5.74, 6) is -2.67. The second-order valence-electron chi connectivity index (χ2n) is 3.45. The van der Waals surface area contributed by atoms with Crippen molar-refractivity contribution in [1.82, 2.24) is 0 Å². The summed E-state index contributed by atoms with van der Waals surface area (Å²) in [6.45, 7) is 0. The van der Waals surface area contributed by atoms with Crippen molar-refractivity contribution >= 4 is 50.6 Å². The second kappa shape index (κ2) is 6.49. The van der Waals surface area contributed by atoms with Gasteiger partial charge in [0.25, 0.3) is 11.7 Å². The summed E-state index contributed by atoms with van der Waals surface area (Å²) in [6, 6.07) is 8.10. The number of alkyl halides is 2. The van der Waals surface area contributed by atoms with E-state index in [1.54, 1.807) is 35.7 Å². The molecular formula is C12H8BrF2NOS2. The largest absolute Gasteiger partial charge is 0.321 e. The lowest BCUT2D eigenvalue weighted by Gasteiger charge is -2.05. The average Bonchev–Trinajstić information content (AvgIpc) is 2.77. The van der Waals surface area contributed by atoms with Crippen molar-refractivity contribution in [3.63, 3.8) is 0 Å². The molecule has 0 saturated carbocycles. The van der Waals surface area contributed by atoms with Crippen molar-refractivity contribution in [1.29, 1.82) is 0 Å². The summed E-state index contributed by atoms with van der Waals surface area (Å²) in [5, 5.41) is 4.52. The number of amides is 1. The van der Waals surface area contributed by atoms with Crippen molar-refractivity contribution in [3.05, 3.63) is 45.1 Å². The fourth-order valence-electron chi connectivity index (χ4n) is 1.36. The minimum Gasteiger partial charge on any atom is -0.321 e. The van der Waals surface area contributed by atoms with E-state index in [4.69, 9.17) is 0 Å². The lowest BCUT2D eigenvalue weighted by atomic mass is 10.3. The van der Waals surface area contributed by atoms with E-state index in [9.17, 15) is 13.6 Å². The van der Waals surface area contributed by atoms with Crippen LogP contribution in [0.15, 0.2) is 45.1 Å². The Kier molecular flexibility index (Phi) is 4.95. The highest BCUT2D eigenvalue weighted by molar-refractivity contribution is 9.10. The van der Waals surface area contributed by atoms with Gasteiger partial charge in [0.05, 0.1) is 0 Å². The summed E-state index contributed by atoms with van der Waals surface area (Å²) in [6.07, 6.45) is 0. The Morgan fingerprint density at radius 2 is 1.95 bits per heavy atom. The van der Waals surface area contributed by atoms with E-state index in [1.807, 2.05) is 0 Å². The highest BCUT2D eigenvalue weighted by Crippen LogP contribution is 2.27. The molecular weight excluding hydrogens is 356 g/mol. The third kappa shape index (κ3) is 4.02. The van der Waals surface area contributed by atoms with Gasteiger partial charge in [-0.2, -0.15) is 8.78 Å². The van der Waals surface area contributed by atoms with Gasteiger partial charge in [-0.25, -0.2) is 0 Å². The first-order chi connectivity index (χ1) is 9.06. The first-order valence-electron chi connectivity index (χ1n) is 5.15. The standard InChI is InChI=1S/C12H8BrF2NOS2/c13-9-5-6-18-10(9)11(17)16-7-1-3-8(4-2-7)19-12(14)15/h1-6,12H,(H,16,17). The first kappa shape index (κ1) is 14.5. The summed E-state index contributed by atoms with van der Waals surface area (Å²) in [5.41, 5.74) is 0.573. The molecule has 0 spiro atoms. The molecule has 19 heavy (non-hydrogen) atoms. The topological polar surface area (TPSA) is 29.1 Å². The normalized spacial score (nSPS) is 10.7. The van der Waals surface area contributed by atoms with Crippen molar-refractivity contribution < 1.29 is 13.6 Å². The van der Waals surface area contributed by atoms with Gasteiger partial charge in [0, 0.05) is 15.1 Å². The zero-order valence-electron chi connectivity index (χ0n) is 9.40. The van der Waals surface area contributed by atoms with Crippen molar-refractivity contribution in [3.8, 4) is 0 Å². The number of halogens is 3. The van der Waals surface area contributed by atoms with Crippen LogP contribution in [0.5, 0.6) is 0 Å². The molecule has 0 aliphatic heterocycles. The number of thiophene rings is 1. The number of hydrogen-bond acceptors (Lipinski definition) is 3. The summed E-state index contributed by atoms with van der Waals surface area (Å²) >= 11 is 5.08. The molecule has 7 heteroatoms. The van der Waals surface area contributed by atoms with Gasteiger partial charge >= 0.3 is 0 Å². The van der Waals surface area contributed by atoms with Crippen LogP contribution in [0, 0.1) is 0 Å². The Morgan fingerprint density at radius 1 is 1.26 bits per heavy atom. The van der Waals surface area contributed by atoms with Gasteiger partial charge in [0.15, 0.2) is 0 Å². The number of nitrogens with one attached hydrogen (secondary N) is 1. The number of thioether (sulfide) groups is 1. The van der Waals surface area contributed by atoms with Crippen LogP contribution >= 0.6 is 39.0 Å². The zero-order valence-corrected chi connectivity index (χ0v) is 12.6. The predicted octanol–water partition coefficient (Wildman–Crippen LogP) is 5.08. The summed E-state index contributed by atoms with van der Waals surface area (Å²) in [7, 11) is 0. The Hall–Kier alpha value is -0.920. The van der Waals surface area contributed by atoms with E-state index >= 15 is 0 Å². The maximum absolute atomic E-state index is 12.2. The molecule has 2 rings (SSSR count). The minimum atomic E-state index is -2.44. The van der Waals surface area contributed by atoms with E-state index in [1.165, 1.54) is 11.3 Å². The molecule has 2 aromatic rings. The second-order valence-corrected chi connectivity index (χ2v) is 6.29. The van der Waals surface area contributed by atoms with Crippen molar-refractivity contribution in [2.45, 2.75) is 10.7 Å². The molecule has 100 valence electrons. The van der Waals surface area contributed by atoms with Gasteiger partial charge in [0.2, 0.25) is 0 Å². The number of hydrogen-bond donors (Lipinski definition) is 1. The Labute approximate surface area is 125 Å². The van der Waals surface area contributed by atoms with Crippen LogP contribution < -0.4 is 5.32 Å². The molecule has 0 radical (unpaired) electrons. The summed E-state index contributed by atoms with van der Waals surface area (Å²) < 4.78 is 25.0. The van der Waals surface area contributed by atoms with Gasteiger partial charge in [-0.3, -0.25) is 4.79 Å². The molecule has 0 atom stereocenters. The van der Waals surface area contributed by atoms with E-state index in [0.717, 1.165) is 4.47 Å². The van der Waals surface area contributed by atoms with Crippen LogP contribution in [0.3, 0.4) is 0 Å². The molecule has 1 amide bonds. The third-order valence-electron chi connectivity index (χ3n) is 2.16. The molecule has 1 aromatic heterocycles. The Morgan fingerprint density at radius 3 is 2.47 bits per heavy atom. The lowest BCUT2D eigenvalue weighted by molar-refractivity contribution is 0.103. The maximum Gasteiger partial charge on any atom is 0.288 e. The molecule has 0 unspecified atom stereocenters. The van der Waals surface area contributed by atoms with E-state index < -0.39 is 5.76 Å². The quantitative estimate of drug-likeness (QED) is 0.767. The zero-order chi connectivity index (χ0) is 13.8. The van der Waals surface area contributed by atoms with E-state index in [-0.39, 0.29) is 5.91 Å². The number of carbonyl (C=O) groups excluding carboxylic acids is 1. The maximum atomic E-state index is 12.2. The van der Waals surface area contributed by atoms with Crippen LogP contribution in [-0.2, 0) is 0 Å². The van der Waals surface area contributed by atoms with Gasteiger partial charge in [0.1, 0.15) is 4.88 Å². The molecule has 2 nitrogen and oxygen atoms in total. The number of rotatable bonds is 4. The molecule has 1 aromatic carbocycles. The Balaban J connectivity index is 2.04. The molecule has 1 heterocycles. The SMILES string of the molecule is O=C(Nc1ccc(SC(F)F)cc1)c1sccc1Br. The predicted molar refractivity (Wildman–Crippen MR) is 78.3 cm³/mol. The molecule has 0 aliphatic carbocycles. The number of anilines is 1. The van der Waals surface area contributed by atoms with Gasteiger partial charge < -0.3 is 5.32 Å².